The molecule has 0 aliphatic carbocycles. The Morgan fingerprint density at radius 2 is 1.96 bits per heavy atom. The highest BCUT2D eigenvalue weighted by atomic mass is 35.5. The number of nitrogens with two attached hydrogens (primary N) is 1. The lowest BCUT2D eigenvalue weighted by molar-refractivity contribution is 0.0950. The lowest BCUT2D eigenvalue weighted by Crippen LogP contribution is -2.20. The SMILES string of the molecule is Nc1c(Cl)c(Cl)nc(C(=O)N/N=C/c2ccc(O)cc2O)c1Cl. The molecule has 0 saturated heterocycles. The van der Waals surface area contributed by atoms with Gasteiger partial charge in [0.1, 0.15) is 16.5 Å². The highest BCUT2D eigenvalue weighted by Gasteiger charge is 2.19. The number of nitrogens with zero attached hydrogens (tertiary/aromatic N) is 2. The summed E-state index contributed by atoms with van der Waals surface area (Å²) in [5.41, 5.74) is 7.73. The largest absolute Gasteiger partial charge is 0.508 e. The van der Waals surface area contributed by atoms with E-state index < -0.39 is 5.91 Å². The van der Waals surface area contributed by atoms with Crippen molar-refractivity contribution in [3.63, 3.8) is 0 Å². The van der Waals surface area contributed by atoms with Crippen molar-refractivity contribution in [2.75, 3.05) is 5.73 Å². The Labute approximate surface area is 145 Å². The first-order valence-corrected chi connectivity index (χ1v) is 7.10. The molecule has 120 valence electrons. The fraction of sp³-hybridized carbons (Fsp3) is 0. The van der Waals surface area contributed by atoms with E-state index >= 15 is 0 Å². The van der Waals surface area contributed by atoms with E-state index in [1.807, 2.05) is 0 Å². The van der Waals surface area contributed by atoms with Crippen molar-refractivity contribution < 1.29 is 15.0 Å². The molecule has 1 amide bonds. The number of nitrogen functional groups attached to an aromatic ring is 1. The van der Waals surface area contributed by atoms with Crippen LogP contribution in [-0.4, -0.2) is 27.3 Å². The highest BCUT2D eigenvalue weighted by Crippen LogP contribution is 2.34. The van der Waals surface area contributed by atoms with Crippen LogP contribution in [0.15, 0.2) is 23.3 Å². The van der Waals surface area contributed by atoms with Crippen molar-refractivity contribution in [3.8, 4) is 11.5 Å². The summed E-state index contributed by atoms with van der Waals surface area (Å²) in [6, 6.07) is 3.88. The number of anilines is 1. The zero-order valence-electron chi connectivity index (χ0n) is 11.2. The Kier molecular flexibility index (Phi) is 5.15. The number of amides is 1. The van der Waals surface area contributed by atoms with E-state index in [2.05, 4.69) is 15.5 Å². The number of rotatable bonds is 3. The number of hydrazone groups is 1. The van der Waals surface area contributed by atoms with Gasteiger partial charge in [-0.05, 0) is 12.1 Å². The fourth-order valence-corrected chi connectivity index (χ4v) is 2.13. The molecular formula is C13H9Cl3N4O3. The number of phenolic OH excluding ortho intramolecular Hbond substituents is 2. The van der Waals surface area contributed by atoms with Crippen molar-refractivity contribution in [2.24, 2.45) is 5.10 Å². The van der Waals surface area contributed by atoms with E-state index in [1.54, 1.807) is 0 Å². The molecule has 23 heavy (non-hydrogen) atoms. The Bertz CT molecular complexity index is 812. The molecule has 2 aromatic rings. The van der Waals surface area contributed by atoms with Crippen LogP contribution in [0.2, 0.25) is 15.2 Å². The molecule has 10 heteroatoms. The van der Waals surface area contributed by atoms with Crippen molar-refractivity contribution in [2.45, 2.75) is 0 Å². The van der Waals surface area contributed by atoms with Crippen LogP contribution in [0.1, 0.15) is 16.1 Å². The highest BCUT2D eigenvalue weighted by molar-refractivity contribution is 6.46. The van der Waals surface area contributed by atoms with Crippen LogP contribution >= 0.6 is 34.8 Å². The van der Waals surface area contributed by atoms with Crippen molar-refractivity contribution in [1.82, 2.24) is 10.4 Å². The first-order chi connectivity index (χ1) is 10.8. The molecule has 2 rings (SSSR count). The van der Waals surface area contributed by atoms with Crippen LogP contribution in [-0.2, 0) is 0 Å². The summed E-state index contributed by atoms with van der Waals surface area (Å²) in [7, 11) is 0. The zero-order chi connectivity index (χ0) is 17.1. The van der Waals surface area contributed by atoms with E-state index in [4.69, 9.17) is 40.5 Å². The van der Waals surface area contributed by atoms with Crippen LogP contribution in [0.3, 0.4) is 0 Å². The Morgan fingerprint density at radius 1 is 1.26 bits per heavy atom. The second-order valence-corrected chi connectivity index (χ2v) is 5.35. The van der Waals surface area contributed by atoms with Crippen molar-refractivity contribution in [1.29, 1.82) is 0 Å². The minimum Gasteiger partial charge on any atom is -0.508 e. The summed E-state index contributed by atoms with van der Waals surface area (Å²) in [6.07, 6.45) is 1.17. The number of hydrogen-bond acceptors (Lipinski definition) is 6. The van der Waals surface area contributed by atoms with E-state index in [1.165, 1.54) is 18.3 Å². The van der Waals surface area contributed by atoms with Crippen LogP contribution in [0, 0.1) is 0 Å². The second kappa shape index (κ2) is 6.91. The van der Waals surface area contributed by atoms with Gasteiger partial charge in [-0.1, -0.05) is 34.8 Å². The number of aromatic nitrogens is 1. The van der Waals surface area contributed by atoms with Gasteiger partial charge in [-0.3, -0.25) is 4.79 Å². The molecule has 1 aromatic carbocycles. The molecule has 1 heterocycles. The Morgan fingerprint density at radius 3 is 2.61 bits per heavy atom. The maximum atomic E-state index is 12.0. The molecule has 0 radical (unpaired) electrons. The zero-order valence-corrected chi connectivity index (χ0v) is 13.5. The van der Waals surface area contributed by atoms with E-state index in [9.17, 15) is 15.0 Å². The number of nitrogens with one attached hydrogen (secondary N) is 1. The molecule has 0 atom stereocenters. The first-order valence-electron chi connectivity index (χ1n) is 5.96. The monoisotopic (exact) mass is 374 g/mol. The summed E-state index contributed by atoms with van der Waals surface area (Å²) in [5, 5.41) is 22.0. The molecule has 0 bridgehead atoms. The van der Waals surface area contributed by atoms with Gasteiger partial charge in [0.25, 0.3) is 5.91 Å². The van der Waals surface area contributed by atoms with Crippen molar-refractivity contribution >= 4 is 52.6 Å². The average Bonchev–Trinajstić information content (AvgIpc) is 2.50. The molecule has 7 nitrogen and oxygen atoms in total. The third-order valence-corrected chi connectivity index (χ3v) is 3.81. The Hall–Kier alpha value is -2.22. The molecule has 0 aliphatic heterocycles. The first kappa shape index (κ1) is 17.1. The van der Waals surface area contributed by atoms with Gasteiger partial charge in [-0.15, -0.1) is 0 Å². The number of aromatic hydroxyl groups is 2. The number of pyridine rings is 1. The smallest absolute Gasteiger partial charge is 0.291 e. The van der Waals surface area contributed by atoms with Crippen LogP contribution in [0.4, 0.5) is 5.69 Å². The molecule has 0 saturated carbocycles. The third-order valence-electron chi connectivity index (χ3n) is 2.67. The molecule has 0 unspecified atom stereocenters. The lowest BCUT2D eigenvalue weighted by Gasteiger charge is -2.07. The van der Waals surface area contributed by atoms with Gasteiger partial charge in [0.2, 0.25) is 0 Å². The lowest BCUT2D eigenvalue weighted by atomic mass is 10.2. The number of halogens is 3. The van der Waals surface area contributed by atoms with Gasteiger partial charge in [-0.2, -0.15) is 5.10 Å². The number of phenols is 2. The normalized spacial score (nSPS) is 10.9. The average molecular weight is 376 g/mol. The number of carbonyl (C=O) groups is 1. The van der Waals surface area contributed by atoms with Gasteiger partial charge in [-0.25, -0.2) is 10.4 Å². The van der Waals surface area contributed by atoms with Crippen LogP contribution in [0.5, 0.6) is 11.5 Å². The summed E-state index contributed by atoms with van der Waals surface area (Å²) < 4.78 is 0. The topological polar surface area (TPSA) is 121 Å². The van der Waals surface area contributed by atoms with Crippen molar-refractivity contribution in [3.05, 3.63) is 44.7 Å². The van der Waals surface area contributed by atoms with Gasteiger partial charge in [0.15, 0.2) is 10.8 Å². The quantitative estimate of drug-likeness (QED) is 0.373. The maximum Gasteiger partial charge on any atom is 0.291 e. The van der Waals surface area contributed by atoms with E-state index in [0.29, 0.717) is 0 Å². The van der Waals surface area contributed by atoms with Gasteiger partial charge >= 0.3 is 0 Å². The predicted octanol–water partition coefficient (Wildman–Crippen LogP) is 2.80. The Balaban J connectivity index is 2.18. The molecule has 5 N–H and O–H groups in total. The number of hydrogen-bond donors (Lipinski definition) is 4. The van der Waals surface area contributed by atoms with E-state index in [0.717, 1.165) is 6.07 Å². The third kappa shape index (κ3) is 3.76. The van der Waals surface area contributed by atoms with Crippen LogP contribution in [0.25, 0.3) is 0 Å². The molecule has 0 spiro atoms. The van der Waals surface area contributed by atoms with Crippen LogP contribution < -0.4 is 11.2 Å². The second-order valence-electron chi connectivity index (χ2n) is 4.24. The summed E-state index contributed by atoms with van der Waals surface area (Å²) in [4.78, 5) is 15.7. The number of carbonyl (C=O) groups excluding carboxylic acids is 1. The van der Waals surface area contributed by atoms with Gasteiger partial charge in [0, 0.05) is 11.6 Å². The molecule has 1 aromatic heterocycles. The minimum atomic E-state index is -0.769. The maximum absolute atomic E-state index is 12.0. The molecule has 0 fully saturated rings. The predicted molar refractivity (Wildman–Crippen MR) is 88.5 cm³/mol. The molecular weight excluding hydrogens is 367 g/mol. The standard InChI is InChI=1S/C13H9Cl3N4O3/c14-8-10(17)9(15)12(16)19-11(8)13(23)20-18-4-5-1-2-6(21)3-7(5)22/h1-4,21-22H,(H2,17,19)(H,20,23)/b18-4+. The minimum absolute atomic E-state index is 0.0502. The summed E-state index contributed by atoms with van der Waals surface area (Å²) in [6.45, 7) is 0. The van der Waals surface area contributed by atoms with Gasteiger partial charge < -0.3 is 15.9 Å². The summed E-state index contributed by atoms with van der Waals surface area (Å²) in [5.74, 6) is -1.08. The van der Waals surface area contributed by atoms with E-state index in [-0.39, 0.29) is 43.6 Å². The fourth-order valence-electron chi connectivity index (χ4n) is 1.54. The number of benzene rings is 1. The van der Waals surface area contributed by atoms with Gasteiger partial charge in [0.05, 0.1) is 16.9 Å². The summed E-state index contributed by atoms with van der Waals surface area (Å²) >= 11 is 17.4. The molecule has 0 aliphatic rings.